The van der Waals surface area contributed by atoms with Gasteiger partial charge in [0.15, 0.2) is 0 Å². The van der Waals surface area contributed by atoms with Crippen LogP contribution in [0.2, 0.25) is 0 Å². The Morgan fingerprint density at radius 1 is 1.25 bits per heavy atom. The number of carboxylic acid groups (broad SMARTS) is 1. The number of aromatic carboxylic acids is 1. The lowest BCUT2D eigenvalue weighted by Crippen LogP contribution is -1.97. The van der Waals surface area contributed by atoms with E-state index in [-0.39, 0.29) is 5.56 Å². The molecule has 0 fully saturated rings. The zero-order valence-corrected chi connectivity index (χ0v) is 10.9. The van der Waals surface area contributed by atoms with Crippen LogP contribution in [-0.4, -0.2) is 24.4 Å². The normalized spacial score (nSPS) is 10.4. The predicted molar refractivity (Wildman–Crippen MR) is 77.6 cm³/mol. The molecule has 0 spiro atoms. The van der Waals surface area contributed by atoms with Gasteiger partial charge in [-0.3, -0.25) is 5.43 Å². The maximum Gasteiger partial charge on any atom is 0.335 e. The molecule has 0 saturated carbocycles. The highest BCUT2D eigenvalue weighted by atomic mass is 16.5. The second kappa shape index (κ2) is 6.38. The van der Waals surface area contributed by atoms with E-state index in [2.05, 4.69) is 10.5 Å². The smallest absolute Gasteiger partial charge is 0.335 e. The Morgan fingerprint density at radius 3 is 2.65 bits per heavy atom. The van der Waals surface area contributed by atoms with Crippen molar-refractivity contribution in [2.45, 2.75) is 0 Å². The number of rotatable bonds is 5. The summed E-state index contributed by atoms with van der Waals surface area (Å²) in [5.41, 5.74) is 4.54. The van der Waals surface area contributed by atoms with Crippen molar-refractivity contribution in [2.24, 2.45) is 5.10 Å². The largest absolute Gasteiger partial charge is 0.497 e. The number of ether oxygens (including phenoxy) is 1. The molecule has 0 heterocycles. The van der Waals surface area contributed by atoms with Crippen LogP contribution < -0.4 is 10.2 Å². The first-order valence-electron chi connectivity index (χ1n) is 5.95. The van der Waals surface area contributed by atoms with E-state index in [4.69, 9.17) is 9.84 Å². The summed E-state index contributed by atoms with van der Waals surface area (Å²) in [6.07, 6.45) is 1.65. The minimum absolute atomic E-state index is 0.217. The molecule has 20 heavy (non-hydrogen) atoms. The fourth-order valence-corrected chi connectivity index (χ4v) is 1.59. The van der Waals surface area contributed by atoms with E-state index >= 15 is 0 Å². The number of benzene rings is 2. The van der Waals surface area contributed by atoms with Gasteiger partial charge in [0.2, 0.25) is 0 Å². The SMILES string of the molecule is COc1ccc(/C=N/Nc2cccc(C(=O)O)c2)cc1. The van der Waals surface area contributed by atoms with Crippen molar-refractivity contribution in [1.29, 1.82) is 0 Å². The lowest BCUT2D eigenvalue weighted by molar-refractivity contribution is 0.0697. The van der Waals surface area contributed by atoms with Crippen LogP contribution in [0.15, 0.2) is 53.6 Å². The number of nitrogens with zero attached hydrogens (tertiary/aromatic N) is 1. The second-order valence-electron chi connectivity index (χ2n) is 4.03. The maximum absolute atomic E-state index is 10.8. The zero-order valence-electron chi connectivity index (χ0n) is 10.9. The molecule has 0 unspecified atom stereocenters. The standard InChI is InChI=1S/C15H14N2O3/c1-20-14-7-5-11(6-8-14)10-16-17-13-4-2-3-12(9-13)15(18)19/h2-10,17H,1H3,(H,18,19)/b16-10+. The van der Waals surface area contributed by atoms with Gasteiger partial charge >= 0.3 is 5.97 Å². The molecule has 0 aliphatic carbocycles. The van der Waals surface area contributed by atoms with Crippen LogP contribution in [-0.2, 0) is 0 Å². The van der Waals surface area contributed by atoms with Gasteiger partial charge in [0.1, 0.15) is 5.75 Å². The third-order valence-electron chi connectivity index (χ3n) is 2.63. The number of methoxy groups -OCH3 is 1. The van der Waals surface area contributed by atoms with Gasteiger partial charge in [0.25, 0.3) is 0 Å². The van der Waals surface area contributed by atoms with Crippen molar-refractivity contribution in [3.8, 4) is 5.75 Å². The topological polar surface area (TPSA) is 70.9 Å². The van der Waals surface area contributed by atoms with Crippen molar-refractivity contribution in [3.05, 3.63) is 59.7 Å². The molecular weight excluding hydrogens is 256 g/mol. The monoisotopic (exact) mass is 270 g/mol. The van der Waals surface area contributed by atoms with E-state index in [9.17, 15) is 4.79 Å². The Morgan fingerprint density at radius 2 is 2.00 bits per heavy atom. The molecule has 0 atom stereocenters. The summed E-state index contributed by atoms with van der Waals surface area (Å²) in [7, 11) is 1.61. The minimum Gasteiger partial charge on any atom is -0.497 e. The van der Waals surface area contributed by atoms with E-state index in [0.29, 0.717) is 5.69 Å². The van der Waals surface area contributed by atoms with Crippen LogP contribution in [0, 0.1) is 0 Å². The molecule has 2 aromatic carbocycles. The molecule has 0 aliphatic rings. The van der Waals surface area contributed by atoms with Crippen molar-refractivity contribution in [2.75, 3.05) is 12.5 Å². The van der Waals surface area contributed by atoms with E-state index in [0.717, 1.165) is 11.3 Å². The first-order chi connectivity index (χ1) is 9.69. The fourth-order valence-electron chi connectivity index (χ4n) is 1.59. The van der Waals surface area contributed by atoms with E-state index in [1.807, 2.05) is 24.3 Å². The molecular formula is C15H14N2O3. The Bertz CT molecular complexity index is 621. The van der Waals surface area contributed by atoms with E-state index in [1.54, 1.807) is 25.5 Å². The summed E-state index contributed by atoms with van der Waals surface area (Å²) in [4.78, 5) is 10.8. The molecule has 2 rings (SSSR count). The molecule has 0 aliphatic heterocycles. The number of carbonyl (C=O) groups is 1. The van der Waals surface area contributed by atoms with Crippen molar-refractivity contribution in [1.82, 2.24) is 0 Å². The van der Waals surface area contributed by atoms with Crippen LogP contribution in [0.3, 0.4) is 0 Å². The Balaban J connectivity index is 2.02. The molecule has 5 heteroatoms. The molecule has 0 amide bonds. The fraction of sp³-hybridized carbons (Fsp3) is 0.0667. The molecule has 0 saturated heterocycles. The quantitative estimate of drug-likeness (QED) is 0.647. The summed E-state index contributed by atoms with van der Waals surface area (Å²) >= 11 is 0. The average molecular weight is 270 g/mol. The molecule has 5 nitrogen and oxygen atoms in total. The van der Waals surface area contributed by atoms with Gasteiger partial charge in [-0.05, 0) is 48.0 Å². The Kier molecular flexibility index (Phi) is 4.34. The van der Waals surface area contributed by atoms with Crippen LogP contribution in [0.5, 0.6) is 5.75 Å². The number of hydrazone groups is 1. The van der Waals surface area contributed by atoms with Crippen molar-refractivity contribution < 1.29 is 14.6 Å². The molecule has 2 N–H and O–H groups in total. The van der Waals surface area contributed by atoms with Crippen LogP contribution in [0.1, 0.15) is 15.9 Å². The van der Waals surface area contributed by atoms with E-state index in [1.165, 1.54) is 12.1 Å². The predicted octanol–water partition coefficient (Wildman–Crippen LogP) is 2.84. The van der Waals surface area contributed by atoms with Gasteiger partial charge in [0, 0.05) is 0 Å². The Hall–Kier alpha value is -2.82. The number of hydrogen-bond donors (Lipinski definition) is 2. The number of carboxylic acids is 1. The lowest BCUT2D eigenvalue weighted by atomic mass is 10.2. The Labute approximate surface area is 116 Å². The third kappa shape index (κ3) is 3.58. The number of hydrogen-bond acceptors (Lipinski definition) is 4. The van der Waals surface area contributed by atoms with Crippen LogP contribution in [0.25, 0.3) is 0 Å². The highest BCUT2D eigenvalue weighted by molar-refractivity contribution is 5.88. The number of anilines is 1. The molecule has 0 radical (unpaired) electrons. The summed E-state index contributed by atoms with van der Waals surface area (Å²) in [6, 6.07) is 13.9. The van der Waals surface area contributed by atoms with Gasteiger partial charge in [-0.2, -0.15) is 5.10 Å². The van der Waals surface area contributed by atoms with Gasteiger partial charge in [-0.1, -0.05) is 6.07 Å². The maximum atomic E-state index is 10.8. The van der Waals surface area contributed by atoms with Crippen molar-refractivity contribution >= 4 is 17.9 Å². The average Bonchev–Trinajstić information content (AvgIpc) is 2.48. The first kappa shape index (κ1) is 13.6. The summed E-state index contributed by atoms with van der Waals surface area (Å²) in [5.74, 6) is -0.183. The molecule has 102 valence electrons. The summed E-state index contributed by atoms with van der Waals surface area (Å²) in [5, 5.41) is 12.9. The van der Waals surface area contributed by atoms with Crippen LogP contribution in [0.4, 0.5) is 5.69 Å². The summed E-state index contributed by atoms with van der Waals surface area (Å²) in [6.45, 7) is 0. The van der Waals surface area contributed by atoms with Crippen molar-refractivity contribution in [3.63, 3.8) is 0 Å². The highest BCUT2D eigenvalue weighted by Crippen LogP contribution is 2.12. The van der Waals surface area contributed by atoms with E-state index < -0.39 is 5.97 Å². The minimum atomic E-state index is -0.965. The second-order valence-corrected chi connectivity index (χ2v) is 4.03. The zero-order chi connectivity index (χ0) is 14.4. The highest BCUT2D eigenvalue weighted by Gasteiger charge is 2.01. The van der Waals surface area contributed by atoms with Gasteiger partial charge in [-0.25, -0.2) is 4.79 Å². The van der Waals surface area contributed by atoms with Gasteiger partial charge < -0.3 is 9.84 Å². The first-order valence-corrected chi connectivity index (χ1v) is 5.95. The van der Waals surface area contributed by atoms with Gasteiger partial charge in [-0.15, -0.1) is 0 Å². The summed E-state index contributed by atoms with van der Waals surface area (Å²) < 4.78 is 5.06. The third-order valence-corrected chi connectivity index (χ3v) is 2.63. The van der Waals surface area contributed by atoms with Crippen LogP contribution >= 0.6 is 0 Å². The molecule has 2 aromatic rings. The lowest BCUT2D eigenvalue weighted by Gasteiger charge is -2.02. The molecule has 0 bridgehead atoms. The number of nitrogens with one attached hydrogen (secondary N) is 1. The van der Waals surface area contributed by atoms with Gasteiger partial charge in [0.05, 0.1) is 24.6 Å². The molecule has 0 aromatic heterocycles.